The molecule has 0 fully saturated rings. The second-order valence-electron chi connectivity index (χ2n) is 8.18. The first-order chi connectivity index (χ1) is 16.5. The van der Waals surface area contributed by atoms with Crippen LogP contribution in [0.25, 0.3) is 11.1 Å². The largest absolute Gasteiger partial charge is 0.479 e. The maximum absolute atomic E-state index is 13.1. The molecule has 188 valence electrons. The summed E-state index contributed by atoms with van der Waals surface area (Å²) in [6.07, 6.45) is -7.63. The minimum Gasteiger partial charge on any atom is -0.479 e. The zero-order valence-corrected chi connectivity index (χ0v) is 19.0. The molecule has 0 saturated heterocycles. The Bertz CT molecular complexity index is 1060. The molecule has 35 heavy (non-hydrogen) atoms. The summed E-state index contributed by atoms with van der Waals surface area (Å²) >= 11 is 0. The van der Waals surface area contributed by atoms with Crippen molar-refractivity contribution in [3.63, 3.8) is 0 Å². The van der Waals surface area contributed by atoms with Gasteiger partial charge in [-0.15, -0.1) is 0 Å². The topological polar surface area (TPSA) is 114 Å². The van der Waals surface area contributed by atoms with Gasteiger partial charge in [-0.05, 0) is 29.2 Å². The van der Waals surface area contributed by atoms with Gasteiger partial charge in [0, 0.05) is 26.0 Å². The van der Waals surface area contributed by atoms with E-state index in [4.69, 9.17) is 14.6 Å². The quantitative estimate of drug-likeness (QED) is 0.492. The summed E-state index contributed by atoms with van der Waals surface area (Å²) in [5.74, 6) is -3.68. The number of carboxylic acid groups (broad SMARTS) is 1. The molecule has 0 radical (unpaired) electrons. The maximum Gasteiger partial charge on any atom is 0.422 e. The Balaban J connectivity index is 1.53. The van der Waals surface area contributed by atoms with Crippen LogP contribution < -0.4 is 10.6 Å². The number of hydrogen-bond donors (Lipinski definition) is 3. The molecular formula is C24H25F3N2O6. The van der Waals surface area contributed by atoms with E-state index >= 15 is 0 Å². The number of amides is 2. The fourth-order valence-electron chi connectivity index (χ4n) is 3.88. The normalized spacial score (nSPS) is 15.3. The molecule has 0 saturated carbocycles. The van der Waals surface area contributed by atoms with Gasteiger partial charge < -0.3 is 25.2 Å². The van der Waals surface area contributed by atoms with E-state index < -0.39 is 35.8 Å². The number of halogens is 3. The molecular weight excluding hydrogens is 469 g/mol. The monoisotopic (exact) mass is 494 g/mol. The molecule has 1 aliphatic rings. The number of benzene rings is 2. The first kappa shape index (κ1) is 26.0. The Morgan fingerprint density at radius 1 is 1.03 bits per heavy atom. The molecule has 0 aromatic heterocycles. The molecule has 0 bridgehead atoms. The Morgan fingerprint density at radius 3 is 2.06 bits per heavy atom. The smallest absolute Gasteiger partial charge is 0.422 e. The predicted octanol–water partition coefficient (Wildman–Crippen LogP) is 3.45. The van der Waals surface area contributed by atoms with Crippen LogP contribution in [0.1, 0.15) is 30.4 Å². The Labute approximate surface area is 199 Å². The fraction of sp³-hybridized carbons (Fsp3) is 0.375. The van der Waals surface area contributed by atoms with Crippen LogP contribution in [0.3, 0.4) is 0 Å². The molecule has 8 nitrogen and oxygen atoms in total. The predicted molar refractivity (Wildman–Crippen MR) is 119 cm³/mol. The Kier molecular flexibility index (Phi) is 7.69. The minimum atomic E-state index is -5.23. The zero-order chi connectivity index (χ0) is 25.8. The number of fused-ring (bicyclic) bond motifs is 3. The summed E-state index contributed by atoms with van der Waals surface area (Å²) in [5, 5.41) is 12.8. The van der Waals surface area contributed by atoms with Crippen LogP contribution in [0.2, 0.25) is 0 Å². The summed E-state index contributed by atoms with van der Waals surface area (Å²) in [6.45, 7) is 0.254. The molecule has 11 heteroatoms. The van der Waals surface area contributed by atoms with E-state index in [-0.39, 0.29) is 25.5 Å². The summed E-state index contributed by atoms with van der Waals surface area (Å²) in [4.78, 5) is 35.5. The number of nitrogens with one attached hydrogen (secondary N) is 2. The lowest BCUT2D eigenvalue weighted by Crippen LogP contribution is -2.63. The highest BCUT2D eigenvalue weighted by Crippen LogP contribution is 2.44. The number of carbonyl (C=O) groups is 3. The fourth-order valence-corrected chi connectivity index (χ4v) is 3.88. The van der Waals surface area contributed by atoms with Gasteiger partial charge in [-0.3, -0.25) is 4.79 Å². The highest BCUT2D eigenvalue weighted by Gasteiger charge is 2.58. The molecule has 2 aromatic rings. The lowest BCUT2D eigenvalue weighted by Gasteiger charge is -2.30. The number of carbonyl (C=O) groups excluding carboxylic acids is 2. The molecule has 2 unspecified atom stereocenters. The average molecular weight is 494 g/mol. The first-order valence-electron chi connectivity index (χ1n) is 10.7. The van der Waals surface area contributed by atoms with E-state index in [1.165, 1.54) is 5.32 Å². The maximum atomic E-state index is 13.1. The molecule has 2 aromatic carbocycles. The number of aliphatic carboxylic acids is 1. The van der Waals surface area contributed by atoms with Crippen molar-refractivity contribution in [3.05, 3.63) is 59.7 Å². The second kappa shape index (κ2) is 10.3. The molecule has 1 aliphatic carbocycles. The summed E-state index contributed by atoms with van der Waals surface area (Å²) in [5.41, 5.74) is 0.713. The van der Waals surface area contributed by atoms with Gasteiger partial charge in [0.2, 0.25) is 11.4 Å². The number of alkyl halides is 3. The summed E-state index contributed by atoms with van der Waals surface area (Å²) in [6, 6.07) is 15.6. The van der Waals surface area contributed by atoms with E-state index in [1.54, 1.807) is 0 Å². The molecule has 0 spiro atoms. The highest BCUT2D eigenvalue weighted by atomic mass is 19.4. The number of methoxy groups -OCH3 is 1. The van der Waals surface area contributed by atoms with Gasteiger partial charge in [0.25, 0.3) is 0 Å². The van der Waals surface area contributed by atoms with Gasteiger partial charge in [-0.1, -0.05) is 48.5 Å². The van der Waals surface area contributed by atoms with Crippen LogP contribution in [-0.4, -0.2) is 61.2 Å². The molecule has 0 aliphatic heterocycles. The zero-order valence-electron chi connectivity index (χ0n) is 19.0. The van der Waals surface area contributed by atoms with E-state index in [0.29, 0.717) is 6.92 Å². The number of ether oxygens (including phenoxy) is 2. The van der Waals surface area contributed by atoms with Gasteiger partial charge in [-0.25, -0.2) is 9.59 Å². The van der Waals surface area contributed by atoms with Gasteiger partial charge in [0.05, 0.1) is 0 Å². The van der Waals surface area contributed by atoms with Gasteiger partial charge >= 0.3 is 18.2 Å². The molecule has 2 atom stereocenters. The van der Waals surface area contributed by atoms with E-state index in [9.17, 15) is 27.6 Å². The minimum absolute atomic E-state index is 0.0661. The first-order valence-corrected chi connectivity index (χ1v) is 10.7. The molecule has 2 amide bonds. The number of carboxylic acids is 1. The SMILES string of the molecule is COC(CCNC(=O)OCC1c2ccccc2-c2ccccc21)C(=O)NC(C)(C(=O)O)C(F)(F)F. The van der Waals surface area contributed by atoms with Crippen molar-refractivity contribution in [1.82, 2.24) is 10.6 Å². The number of rotatable bonds is 9. The molecule has 0 heterocycles. The van der Waals surface area contributed by atoms with Gasteiger partial charge in [0.1, 0.15) is 12.7 Å². The summed E-state index contributed by atoms with van der Waals surface area (Å²) in [7, 11) is 1.09. The average Bonchev–Trinajstić information content (AvgIpc) is 3.13. The standard InChI is InChI=1S/C24H25F3N2O6/c1-23(21(31)32,24(25,26)27)29-20(30)19(34-2)11-12-28-22(33)35-13-18-16-9-5-3-7-14(16)15-8-4-6-10-17(15)18/h3-10,18-19H,11-13H2,1-2H3,(H,28,33)(H,29,30)(H,31,32). The van der Waals surface area contributed by atoms with E-state index in [0.717, 1.165) is 29.4 Å². The van der Waals surface area contributed by atoms with Crippen LogP contribution in [0.4, 0.5) is 18.0 Å². The Hall–Kier alpha value is -3.60. The third kappa shape index (κ3) is 5.40. The van der Waals surface area contributed by atoms with Crippen LogP contribution in [-0.2, 0) is 19.1 Å². The van der Waals surface area contributed by atoms with E-state index in [1.807, 2.05) is 48.5 Å². The molecule has 3 rings (SSSR count). The van der Waals surface area contributed by atoms with Gasteiger partial charge in [0.15, 0.2) is 0 Å². The summed E-state index contributed by atoms with van der Waals surface area (Å²) < 4.78 is 49.6. The Morgan fingerprint density at radius 2 is 1.57 bits per heavy atom. The van der Waals surface area contributed by atoms with Crippen molar-refractivity contribution in [1.29, 1.82) is 0 Å². The highest BCUT2D eigenvalue weighted by molar-refractivity contribution is 5.89. The van der Waals surface area contributed by atoms with E-state index in [2.05, 4.69) is 5.32 Å². The lowest BCUT2D eigenvalue weighted by molar-refractivity contribution is -0.208. The van der Waals surface area contributed by atoms with Crippen molar-refractivity contribution in [3.8, 4) is 11.1 Å². The third-order valence-electron chi connectivity index (χ3n) is 5.96. The van der Waals surface area contributed by atoms with Gasteiger partial charge in [-0.2, -0.15) is 13.2 Å². The third-order valence-corrected chi connectivity index (χ3v) is 5.96. The molecule has 3 N–H and O–H groups in total. The lowest BCUT2D eigenvalue weighted by atomic mass is 9.98. The van der Waals surface area contributed by atoms with Crippen molar-refractivity contribution in [2.75, 3.05) is 20.3 Å². The van der Waals surface area contributed by atoms with Crippen molar-refractivity contribution in [2.24, 2.45) is 0 Å². The van der Waals surface area contributed by atoms with Crippen LogP contribution in [0.15, 0.2) is 48.5 Å². The van der Waals surface area contributed by atoms with Crippen molar-refractivity contribution < 1.29 is 42.1 Å². The second-order valence-corrected chi connectivity index (χ2v) is 8.18. The van der Waals surface area contributed by atoms with Crippen LogP contribution in [0, 0.1) is 0 Å². The van der Waals surface area contributed by atoms with Crippen LogP contribution in [0.5, 0.6) is 0 Å². The van der Waals surface area contributed by atoms with Crippen molar-refractivity contribution >= 4 is 18.0 Å². The number of hydrogen-bond acceptors (Lipinski definition) is 5. The number of alkyl carbamates (subject to hydrolysis) is 1. The van der Waals surface area contributed by atoms with Crippen LogP contribution >= 0.6 is 0 Å². The van der Waals surface area contributed by atoms with Crippen molar-refractivity contribution in [2.45, 2.75) is 37.1 Å².